The molecule has 2 atom stereocenters. The number of oxime groups is 1. The van der Waals surface area contributed by atoms with Crippen LogP contribution in [0.4, 0.5) is 4.79 Å². The maximum absolute atomic E-state index is 11.5. The van der Waals surface area contributed by atoms with Crippen LogP contribution in [0.3, 0.4) is 0 Å². The Morgan fingerprint density at radius 3 is 2.38 bits per heavy atom. The summed E-state index contributed by atoms with van der Waals surface area (Å²) in [6, 6.07) is 9.24. The van der Waals surface area contributed by atoms with E-state index in [1.807, 2.05) is 51.1 Å². The summed E-state index contributed by atoms with van der Waals surface area (Å²) in [5.41, 5.74) is 1.18. The van der Waals surface area contributed by atoms with Gasteiger partial charge in [-0.05, 0) is 17.4 Å². The Morgan fingerprint density at radius 1 is 1.29 bits per heavy atom. The molecule has 2 N–H and O–H groups in total. The van der Waals surface area contributed by atoms with Crippen molar-refractivity contribution < 1.29 is 15.1 Å². The Kier molecular flexibility index (Phi) is 4.21. The van der Waals surface area contributed by atoms with E-state index in [-0.39, 0.29) is 17.4 Å². The van der Waals surface area contributed by atoms with Gasteiger partial charge in [-0.3, -0.25) is 0 Å². The summed E-state index contributed by atoms with van der Waals surface area (Å²) in [6.07, 6.45) is -0.245. The van der Waals surface area contributed by atoms with Gasteiger partial charge in [0.05, 0.1) is 5.71 Å². The van der Waals surface area contributed by atoms with Crippen LogP contribution in [-0.2, 0) is 0 Å². The third kappa shape index (κ3) is 3.01. The molecule has 0 saturated carbocycles. The van der Waals surface area contributed by atoms with E-state index in [0.29, 0.717) is 18.7 Å². The number of nitrogens with zero attached hydrogens (tertiary/aromatic N) is 2. The zero-order chi connectivity index (χ0) is 15.6. The first-order chi connectivity index (χ1) is 9.86. The summed E-state index contributed by atoms with van der Waals surface area (Å²) in [6.45, 7) is 6.53. The molecule has 2 rings (SSSR count). The van der Waals surface area contributed by atoms with Crippen LogP contribution in [0.15, 0.2) is 35.5 Å². The van der Waals surface area contributed by atoms with Crippen molar-refractivity contribution in [3.63, 3.8) is 0 Å². The molecule has 0 aliphatic carbocycles. The van der Waals surface area contributed by atoms with Crippen molar-refractivity contribution in [2.45, 2.75) is 33.2 Å². The molecule has 1 fully saturated rings. The number of benzene rings is 1. The molecule has 0 bridgehead atoms. The van der Waals surface area contributed by atoms with E-state index in [0.717, 1.165) is 5.56 Å². The van der Waals surface area contributed by atoms with E-state index in [4.69, 9.17) is 0 Å². The highest BCUT2D eigenvalue weighted by Gasteiger charge is 2.46. The van der Waals surface area contributed by atoms with Crippen molar-refractivity contribution in [2.24, 2.45) is 16.5 Å². The van der Waals surface area contributed by atoms with Crippen LogP contribution in [0.1, 0.15) is 32.8 Å². The topological polar surface area (TPSA) is 73.1 Å². The Balaban J connectivity index is 2.40. The Labute approximate surface area is 124 Å². The molecule has 1 heterocycles. The SMILES string of the molecule is CC(C)(C)C1C(C(=NO)c2ccccc2)CCN1C(=O)O. The van der Waals surface area contributed by atoms with Gasteiger partial charge in [-0.25, -0.2) is 4.79 Å². The molecule has 2 unspecified atom stereocenters. The minimum Gasteiger partial charge on any atom is -0.465 e. The van der Waals surface area contributed by atoms with Crippen LogP contribution in [0, 0.1) is 11.3 Å². The lowest BCUT2D eigenvalue weighted by atomic mass is 9.76. The minimum absolute atomic E-state index is 0.103. The van der Waals surface area contributed by atoms with Gasteiger partial charge in [0.2, 0.25) is 0 Å². The van der Waals surface area contributed by atoms with Crippen LogP contribution in [0.25, 0.3) is 0 Å². The number of amides is 1. The van der Waals surface area contributed by atoms with Crippen LogP contribution >= 0.6 is 0 Å². The molecule has 1 aliphatic heterocycles. The van der Waals surface area contributed by atoms with E-state index in [1.54, 1.807) is 0 Å². The first-order valence-electron chi connectivity index (χ1n) is 7.13. The Bertz CT molecular complexity index is 534. The van der Waals surface area contributed by atoms with Crippen molar-refractivity contribution in [1.29, 1.82) is 0 Å². The predicted octanol–water partition coefficient (Wildman–Crippen LogP) is 3.28. The summed E-state index contributed by atoms with van der Waals surface area (Å²) < 4.78 is 0. The second kappa shape index (κ2) is 5.76. The van der Waals surface area contributed by atoms with E-state index in [2.05, 4.69) is 5.16 Å². The third-order valence-electron chi connectivity index (χ3n) is 4.06. The lowest BCUT2D eigenvalue weighted by Gasteiger charge is -2.37. The van der Waals surface area contributed by atoms with Crippen molar-refractivity contribution >= 4 is 11.8 Å². The average Bonchev–Trinajstić information content (AvgIpc) is 2.86. The van der Waals surface area contributed by atoms with E-state index in [9.17, 15) is 15.1 Å². The van der Waals surface area contributed by atoms with Crippen molar-refractivity contribution in [1.82, 2.24) is 4.90 Å². The molecule has 21 heavy (non-hydrogen) atoms. The highest BCUT2D eigenvalue weighted by Crippen LogP contribution is 2.38. The fourth-order valence-corrected chi connectivity index (χ4v) is 3.32. The Hall–Kier alpha value is -2.04. The third-order valence-corrected chi connectivity index (χ3v) is 4.06. The monoisotopic (exact) mass is 290 g/mol. The molecular formula is C16H22N2O3. The second-order valence-electron chi connectivity index (χ2n) is 6.53. The van der Waals surface area contributed by atoms with Gasteiger partial charge in [-0.2, -0.15) is 0 Å². The molecule has 0 spiro atoms. The largest absolute Gasteiger partial charge is 0.465 e. The number of carboxylic acid groups (broad SMARTS) is 1. The normalized spacial score (nSPS) is 23.4. The second-order valence-corrected chi connectivity index (χ2v) is 6.53. The Morgan fingerprint density at radius 2 is 1.90 bits per heavy atom. The van der Waals surface area contributed by atoms with Gasteiger partial charge in [0, 0.05) is 18.5 Å². The van der Waals surface area contributed by atoms with E-state index < -0.39 is 6.09 Å². The van der Waals surface area contributed by atoms with Gasteiger partial charge in [-0.15, -0.1) is 0 Å². The van der Waals surface area contributed by atoms with Gasteiger partial charge in [-0.1, -0.05) is 56.3 Å². The van der Waals surface area contributed by atoms with Crippen LogP contribution in [-0.4, -0.2) is 39.6 Å². The van der Waals surface area contributed by atoms with Crippen LogP contribution in [0.2, 0.25) is 0 Å². The minimum atomic E-state index is -0.914. The highest BCUT2D eigenvalue weighted by atomic mass is 16.4. The quantitative estimate of drug-likeness (QED) is 0.499. The van der Waals surface area contributed by atoms with Crippen LogP contribution < -0.4 is 0 Å². The standard InChI is InChI=1S/C16H22N2O3/c1-16(2,3)14-12(9-10-18(14)15(19)20)13(17-21)11-7-5-4-6-8-11/h4-8,12,14,21H,9-10H2,1-3H3,(H,19,20). The summed E-state index contributed by atoms with van der Waals surface area (Å²) in [5.74, 6) is -0.103. The maximum Gasteiger partial charge on any atom is 0.407 e. The number of hydrogen-bond acceptors (Lipinski definition) is 3. The van der Waals surface area contributed by atoms with Crippen molar-refractivity contribution in [3.05, 3.63) is 35.9 Å². The summed E-state index contributed by atoms with van der Waals surface area (Å²) in [4.78, 5) is 12.9. The van der Waals surface area contributed by atoms with Gasteiger partial charge < -0.3 is 15.2 Å². The number of rotatable bonds is 2. The van der Waals surface area contributed by atoms with Crippen molar-refractivity contribution in [3.8, 4) is 0 Å². The fourth-order valence-electron chi connectivity index (χ4n) is 3.32. The van der Waals surface area contributed by atoms with Gasteiger partial charge in [0.1, 0.15) is 0 Å². The first-order valence-corrected chi connectivity index (χ1v) is 7.13. The molecular weight excluding hydrogens is 268 g/mol. The fraction of sp³-hybridized carbons (Fsp3) is 0.500. The molecule has 1 amide bonds. The van der Waals surface area contributed by atoms with Gasteiger partial charge in [0.25, 0.3) is 0 Å². The van der Waals surface area contributed by atoms with Gasteiger partial charge in [0.15, 0.2) is 0 Å². The number of hydrogen-bond donors (Lipinski definition) is 2. The summed E-state index contributed by atoms with van der Waals surface area (Å²) >= 11 is 0. The number of carbonyl (C=O) groups is 1. The zero-order valence-corrected chi connectivity index (χ0v) is 12.7. The molecule has 1 aromatic rings. The zero-order valence-electron chi connectivity index (χ0n) is 12.7. The van der Waals surface area contributed by atoms with E-state index >= 15 is 0 Å². The lowest BCUT2D eigenvalue weighted by molar-refractivity contribution is 0.0995. The van der Waals surface area contributed by atoms with Crippen LogP contribution in [0.5, 0.6) is 0 Å². The molecule has 1 aromatic carbocycles. The summed E-state index contributed by atoms with van der Waals surface area (Å²) in [7, 11) is 0. The molecule has 1 aliphatic rings. The van der Waals surface area contributed by atoms with E-state index in [1.165, 1.54) is 4.90 Å². The predicted molar refractivity (Wildman–Crippen MR) is 80.8 cm³/mol. The molecule has 5 heteroatoms. The molecule has 114 valence electrons. The molecule has 1 saturated heterocycles. The smallest absolute Gasteiger partial charge is 0.407 e. The van der Waals surface area contributed by atoms with Gasteiger partial charge >= 0.3 is 6.09 Å². The lowest BCUT2D eigenvalue weighted by Crippen LogP contribution is -2.47. The summed E-state index contributed by atoms with van der Waals surface area (Å²) in [5, 5.41) is 22.4. The first kappa shape index (κ1) is 15.4. The molecule has 5 nitrogen and oxygen atoms in total. The average molecular weight is 290 g/mol. The molecule has 0 aromatic heterocycles. The highest BCUT2D eigenvalue weighted by molar-refractivity contribution is 6.02. The maximum atomic E-state index is 11.5. The molecule has 0 radical (unpaired) electrons. The number of likely N-dealkylation sites (tertiary alicyclic amines) is 1. The van der Waals surface area contributed by atoms with Crippen molar-refractivity contribution in [2.75, 3.05) is 6.54 Å².